The Balaban J connectivity index is 3.34. The first-order valence-electron chi connectivity index (χ1n) is 6.82. The molecule has 0 aromatic heterocycles. The maximum Gasteiger partial charge on any atom is 0.458 e. The predicted molar refractivity (Wildman–Crippen MR) is 80.7 cm³/mol. The second-order valence-corrected chi connectivity index (χ2v) is 6.41. The molecule has 0 atom stereocenters. The van der Waals surface area contributed by atoms with Gasteiger partial charge in [-0.25, -0.2) is 0 Å². The fourth-order valence-electron chi connectivity index (χ4n) is 1.90. The van der Waals surface area contributed by atoms with E-state index in [1.165, 1.54) is 11.1 Å². The number of alkyl halides is 5. The minimum Gasteiger partial charge on any atom is -0.273 e. The fourth-order valence-corrected chi connectivity index (χ4v) is 2.26. The lowest BCUT2D eigenvalue weighted by atomic mass is 10.1. The van der Waals surface area contributed by atoms with Crippen molar-refractivity contribution < 1.29 is 22.0 Å². The van der Waals surface area contributed by atoms with E-state index in [1.54, 1.807) is 0 Å². The van der Waals surface area contributed by atoms with Crippen LogP contribution in [0.1, 0.15) is 33.3 Å². The molecule has 1 aromatic rings. The van der Waals surface area contributed by atoms with Crippen molar-refractivity contribution in [3.8, 4) is 0 Å². The van der Waals surface area contributed by atoms with Gasteiger partial charge in [0.1, 0.15) is 0 Å². The van der Waals surface area contributed by atoms with Gasteiger partial charge in [-0.2, -0.15) is 22.0 Å². The Kier molecular flexibility index (Phi) is 6.12. The number of halogens is 6. The Morgan fingerprint density at radius 2 is 1.52 bits per heavy atom. The van der Waals surface area contributed by atoms with Crippen LogP contribution in [-0.4, -0.2) is 23.3 Å². The van der Waals surface area contributed by atoms with Gasteiger partial charge in [0.05, 0.1) is 11.3 Å². The van der Waals surface area contributed by atoms with Crippen LogP contribution in [0.2, 0.25) is 0 Å². The van der Waals surface area contributed by atoms with E-state index in [-0.39, 0.29) is 16.6 Å². The molecule has 23 heavy (non-hydrogen) atoms. The first-order valence-corrected chi connectivity index (χ1v) is 7.61. The normalized spacial score (nSPS) is 13.4. The van der Waals surface area contributed by atoms with E-state index in [9.17, 15) is 22.0 Å². The molecule has 0 bridgehead atoms. The summed E-state index contributed by atoms with van der Waals surface area (Å²) < 4.78 is 65.4. The van der Waals surface area contributed by atoms with Gasteiger partial charge in [0.15, 0.2) is 0 Å². The van der Waals surface area contributed by atoms with Crippen LogP contribution in [0.4, 0.5) is 27.6 Å². The van der Waals surface area contributed by atoms with E-state index in [0.29, 0.717) is 6.07 Å². The van der Waals surface area contributed by atoms with E-state index >= 15 is 0 Å². The first-order chi connectivity index (χ1) is 10.4. The molecule has 9 heteroatoms. The second kappa shape index (κ2) is 7.11. The lowest BCUT2D eigenvalue weighted by Gasteiger charge is -2.26. The number of hydrogen-bond acceptors (Lipinski definition) is 2. The Labute approximate surface area is 139 Å². The van der Waals surface area contributed by atoms with E-state index in [0.717, 1.165) is 6.07 Å². The summed E-state index contributed by atoms with van der Waals surface area (Å²) in [5.41, 5.74) is -1.77. The summed E-state index contributed by atoms with van der Waals surface area (Å²) in [6.45, 7) is 7.25. The molecule has 0 spiro atoms. The second-order valence-electron chi connectivity index (χ2n) is 5.49. The molecule has 0 amide bonds. The zero-order valence-corrected chi connectivity index (χ0v) is 14.6. The van der Waals surface area contributed by atoms with Crippen molar-refractivity contribution in [3.63, 3.8) is 0 Å². The highest BCUT2D eigenvalue weighted by Gasteiger charge is 2.59. The average molecular weight is 402 g/mol. The molecule has 0 heterocycles. The summed E-state index contributed by atoms with van der Waals surface area (Å²) in [5.74, 6) is -5.02. The third kappa shape index (κ3) is 4.62. The molecule has 0 N–H and O–H groups in total. The number of rotatable bonds is 5. The largest absolute Gasteiger partial charge is 0.458 e. The van der Waals surface area contributed by atoms with Crippen LogP contribution < -0.4 is 0 Å². The zero-order chi connectivity index (χ0) is 18.0. The molecule has 130 valence electrons. The molecule has 0 aliphatic rings. The topological polar surface area (TPSA) is 28.0 Å². The van der Waals surface area contributed by atoms with Crippen molar-refractivity contribution >= 4 is 21.6 Å². The lowest BCUT2D eigenvalue weighted by molar-refractivity contribution is -0.289. The first kappa shape index (κ1) is 19.8. The van der Waals surface area contributed by atoms with Gasteiger partial charge in [-0.05, 0) is 45.9 Å². The molecule has 0 aliphatic carbocycles. The molecule has 0 unspecified atom stereocenters. The summed E-state index contributed by atoms with van der Waals surface area (Å²) >= 11 is 2.90. The molecule has 1 aromatic carbocycles. The van der Waals surface area contributed by atoms with Crippen LogP contribution in [0.15, 0.2) is 33.0 Å². The van der Waals surface area contributed by atoms with Gasteiger partial charge >= 0.3 is 12.1 Å². The summed E-state index contributed by atoms with van der Waals surface area (Å²) in [6, 6.07) is 2.94. The third-order valence-electron chi connectivity index (χ3n) is 2.97. The molecule has 0 aliphatic heterocycles. The van der Waals surface area contributed by atoms with Crippen LogP contribution in [0, 0.1) is 0 Å². The molecule has 0 saturated carbocycles. The SMILES string of the molecule is CC(C)N(N=Nc1ccc(Br)cc1C(F)(F)C(F)(F)F)C(C)C. The Morgan fingerprint density at radius 3 is 1.96 bits per heavy atom. The molecule has 0 fully saturated rings. The van der Waals surface area contributed by atoms with E-state index in [1.807, 2.05) is 27.7 Å². The average Bonchev–Trinajstić information content (AvgIpc) is 2.38. The third-order valence-corrected chi connectivity index (χ3v) is 3.46. The van der Waals surface area contributed by atoms with Gasteiger partial charge in [0.25, 0.3) is 0 Å². The van der Waals surface area contributed by atoms with E-state index in [2.05, 4.69) is 26.3 Å². The van der Waals surface area contributed by atoms with Crippen molar-refractivity contribution in [1.82, 2.24) is 5.01 Å². The minimum atomic E-state index is -5.71. The number of hydrogen-bond donors (Lipinski definition) is 0. The Morgan fingerprint density at radius 1 is 1.00 bits per heavy atom. The molecule has 0 saturated heterocycles. The van der Waals surface area contributed by atoms with E-state index in [4.69, 9.17) is 0 Å². The van der Waals surface area contributed by atoms with Crippen molar-refractivity contribution in [2.75, 3.05) is 0 Å². The Bertz CT molecular complexity index is 562. The van der Waals surface area contributed by atoms with Crippen LogP contribution >= 0.6 is 15.9 Å². The zero-order valence-electron chi connectivity index (χ0n) is 13.0. The fraction of sp³-hybridized carbons (Fsp3) is 0.571. The highest BCUT2D eigenvalue weighted by atomic mass is 79.9. The molecule has 1 rings (SSSR count). The van der Waals surface area contributed by atoms with Gasteiger partial charge in [0.2, 0.25) is 0 Å². The standard InChI is InChI=1S/C14H17BrF5N3/c1-8(2)23(9(3)4)22-21-12-6-5-10(15)7-11(12)13(16,17)14(18,19)20/h5-9H,1-4H3. The molecular formula is C14H17BrF5N3. The van der Waals surface area contributed by atoms with Crippen molar-refractivity contribution in [2.45, 2.75) is 51.9 Å². The number of benzene rings is 1. The smallest absolute Gasteiger partial charge is 0.273 e. The van der Waals surface area contributed by atoms with Crippen LogP contribution in [0.5, 0.6) is 0 Å². The van der Waals surface area contributed by atoms with Gasteiger partial charge < -0.3 is 0 Å². The van der Waals surface area contributed by atoms with Crippen LogP contribution in [0.25, 0.3) is 0 Å². The van der Waals surface area contributed by atoms with Crippen LogP contribution in [-0.2, 0) is 5.92 Å². The van der Waals surface area contributed by atoms with Crippen molar-refractivity contribution in [2.24, 2.45) is 10.3 Å². The van der Waals surface area contributed by atoms with Crippen molar-refractivity contribution in [3.05, 3.63) is 28.2 Å². The number of nitrogens with zero attached hydrogens (tertiary/aromatic N) is 3. The summed E-state index contributed by atoms with van der Waals surface area (Å²) in [4.78, 5) is 0. The maximum absolute atomic E-state index is 13.7. The Hall–Kier alpha value is -1.25. The van der Waals surface area contributed by atoms with E-state index < -0.39 is 23.3 Å². The maximum atomic E-state index is 13.7. The van der Waals surface area contributed by atoms with Gasteiger partial charge in [-0.1, -0.05) is 21.2 Å². The molecule has 0 radical (unpaired) electrons. The van der Waals surface area contributed by atoms with Crippen molar-refractivity contribution in [1.29, 1.82) is 0 Å². The highest BCUT2D eigenvalue weighted by Crippen LogP contribution is 2.47. The quantitative estimate of drug-likeness (QED) is 0.327. The van der Waals surface area contributed by atoms with Gasteiger partial charge in [-0.3, -0.25) is 5.01 Å². The van der Waals surface area contributed by atoms with Gasteiger partial charge in [0, 0.05) is 16.6 Å². The molecular weight excluding hydrogens is 385 g/mol. The lowest BCUT2D eigenvalue weighted by Crippen LogP contribution is -2.34. The van der Waals surface area contributed by atoms with Crippen LogP contribution in [0.3, 0.4) is 0 Å². The predicted octanol–water partition coefficient (Wildman–Crippen LogP) is 6.22. The van der Waals surface area contributed by atoms with Gasteiger partial charge in [-0.15, -0.1) is 5.11 Å². The highest BCUT2D eigenvalue weighted by molar-refractivity contribution is 9.10. The summed E-state index contributed by atoms with van der Waals surface area (Å²) in [7, 11) is 0. The summed E-state index contributed by atoms with van der Waals surface area (Å²) in [5, 5.41) is 8.95. The monoisotopic (exact) mass is 401 g/mol. The minimum absolute atomic E-state index is 0.0826. The summed E-state index contributed by atoms with van der Waals surface area (Å²) in [6.07, 6.45) is -5.71. The molecule has 3 nitrogen and oxygen atoms in total.